The van der Waals surface area contributed by atoms with Gasteiger partial charge in [-0.15, -0.1) is 0 Å². The molecule has 0 aliphatic heterocycles. The predicted octanol–water partition coefficient (Wildman–Crippen LogP) is 4.71. The molecule has 0 spiro atoms. The van der Waals surface area contributed by atoms with E-state index in [-0.39, 0.29) is 11.3 Å². The third-order valence-electron chi connectivity index (χ3n) is 4.60. The van der Waals surface area contributed by atoms with Gasteiger partial charge in [-0.05, 0) is 46.6 Å². The lowest BCUT2D eigenvalue weighted by Crippen LogP contribution is -2.17. The second-order valence-corrected chi connectivity index (χ2v) is 7.56. The highest BCUT2D eigenvalue weighted by Crippen LogP contribution is 2.26. The van der Waals surface area contributed by atoms with E-state index < -0.39 is 5.97 Å². The minimum Gasteiger partial charge on any atom is -0.462 e. The topological polar surface area (TPSA) is 85.6 Å². The first-order valence-electron chi connectivity index (χ1n) is 9.59. The van der Waals surface area contributed by atoms with Crippen LogP contribution in [0.1, 0.15) is 30.1 Å². The number of nitrogens with one attached hydrogen (secondary N) is 1. The molecule has 2 heterocycles. The fraction of sp³-hybridized carbons (Fsp3) is 0.182. The number of fused-ring (bicyclic) bond motifs is 2. The van der Waals surface area contributed by atoms with Crippen molar-refractivity contribution in [2.45, 2.75) is 19.8 Å². The smallest absolute Gasteiger partial charge is 0.340 e. The summed E-state index contributed by atoms with van der Waals surface area (Å²) in [5, 5.41) is 3.68. The molecule has 4 aromatic rings. The lowest BCUT2D eigenvalue weighted by molar-refractivity contribution is 0.0501. The van der Waals surface area contributed by atoms with Crippen molar-refractivity contribution in [3.05, 3.63) is 75.1 Å². The molecule has 0 aliphatic rings. The zero-order chi connectivity index (χ0) is 21.1. The highest BCUT2D eigenvalue weighted by molar-refractivity contribution is 9.10. The van der Waals surface area contributed by atoms with Crippen LogP contribution < -0.4 is 10.9 Å². The van der Waals surface area contributed by atoms with Crippen molar-refractivity contribution in [3.63, 3.8) is 0 Å². The normalized spacial score (nSPS) is 11.0. The van der Waals surface area contributed by atoms with E-state index >= 15 is 0 Å². The zero-order valence-corrected chi connectivity index (χ0v) is 17.8. The van der Waals surface area contributed by atoms with Crippen LogP contribution in [0.15, 0.2) is 64.0 Å². The molecule has 30 heavy (non-hydrogen) atoms. The molecule has 7 nitrogen and oxygen atoms in total. The Kier molecular flexibility index (Phi) is 5.76. The van der Waals surface area contributed by atoms with Gasteiger partial charge < -0.3 is 10.1 Å². The molecule has 4 rings (SSSR count). The molecule has 0 radical (unpaired) electrons. The van der Waals surface area contributed by atoms with Crippen LogP contribution in [0.25, 0.3) is 16.7 Å². The molecule has 0 atom stereocenters. The molecule has 0 bridgehead atoms. The van der Waals surface area contributed by atoms with E-state index in [1.807, 2.05) is 19.1 Å². The first-order valence-corrected chi connectivity index (χ1v) is 10.4. The number of halogens is 1. The Bertz CT molecular complexity index is 1300. The minimum atomic E-state index is -0.399. The van der Waals surface area contributed by atoms with Crippen molar-refractivity contribution in [1.82, 2.24) is 14.4 Å². The molecular weight excluding hydrogens is 448 g/mol. The number of carbonyl (C=O) groups excluding carboxylic acids is 1. The number of hydrogen-bond donors (Lipinski definition) is 1. The number of benzene rings is 2. The number of carbonyl (C=O) groups is 1. The van der Waals surface area contributed by atoms with E-state index in [1.54, 1.807) is 42.6 Å². The Morgan fingerprint density at radius 3 is 2.73 bits per heavy atom. The number of esters is 1. The highest BCUT2D eigenvalue weighted by Gasteiger charge is 2.15. The lowest BCUT2D eigenvalue weighted by atomic mass is 10.2. The number of anilines is 2. The number of nitrogens with zero attached hydrogens (tertiary/aromatic N) is 3. The second-order valence-electron chi connectivity index (χ2n) is 6.70. The van der Waals surface area contributed by atoms with Gasteiger partial charge in [0.05, 0.1) is 33.2 Å². The molecule has 2 aromatic heterocycles. The maximum Gasteiger partial charge on any atom is 0.340 e. The minimum absolute atomic E-state index is 0.199. The van der Waals surface area contributed by atoms with E-state index in [0.29, 0.717) is 39.1 Å². The van der Waals surface area contributed by atoms with E-state index in [4.69, 9.17) is 4.74 Å². The lowest BCUT2D eigenvalue weighted by Gasteiger charge is -2.13. The van der Waals surface area contributed by atoms with Crippen LogP contribution in [-0.4, -0.2) is 26.9 Å². The fourth-order valence-corrected chi connectivity index (χ4v) is 3.42. The van der Waals surface area contributed by atoms with E-state index in [0.717, 1.165) is 12.8 Å². The summed E-state index contributed by atoms with van der Waals surface area (Å²) >= 11 is 3.46. The van der Waals surface area contributed by atoms with Gasteiger partial charge in [0, 0.05) is 6.20 Å². The zero-order valence-electron chi connectivity index (χ0n) is 16.3. The van der Waals surface area contributed by atoms with Gasteiger partial charge in [-0.3, -0.25) is 9.20 Å². The first kappa shape index (κ1) is 20.0. The van der Waals surface area contributed by atoms with Crippen LogP contribution in [0.4, 0.5) is 11.5 Å². The van der Waals surface area contributed by atoms with Crippen LogP contribution in [-0.2, 0) is 4.74 Å². The summed E-state index contributed by atoms with van der Waals surface area (Å²) in [5.41, 5.74) is 1.34. The standard InChI is InChI=1S/C22H19BrN4O3/c1-2-3-12-30-21(29)15-9-5-7-11-18(15)24-19-16(23)13-27-20(28)14-8-4-6-10-17(14)25-22(27)26-19/h4-11,13H,2-3,12H2,1H3,(H,24,25,26). The second kappa shape index (κ2) is 8.62. The summed E-state index contributed by atoms with van der Waals surface area (Å²) < 4.78 is 7.29. The van der Waals surface area contributed by atoms with Crippen LogP contribution in [0.3, 0.4) is 0 Å². The maximum atomic E-state index is 12.8. The maximum absolute atomic E-state index is 12.8. The van der Waals surface area contributed by atoms with Crippen LogP contribution in [0, 0.1) is 0 Å². The monoisotopic (exact) mass is 466 g/mol. The highest BCUT2D eigenvalue weighted by atomic mass is 79.9. The summed E-state index contributed by atoms with van der Waals surface area (Å²) in [4.78, 5) is 34.2. The Morgan fingerprint density at radius 1 is 1.13 bits per heavy atom. The van der Waals surface area contributed by atoms with Crippen molar-refractivity contribution in [2.75, 3.05) is 11.9 Å². The summed E-state index contributed by atoms with van der Waals surface area (Å²) in [6.45, 7) is 2.41. The number of rotatable bonds is 6. The third kappa shape index (κ3) is 3.91. The van der Waals surface area contributed by atoms with Gasteiger partial charge in [-0.25, -0.2) is 9.78 Å². The summed E-state index contributed by atoms with van der Waals surface area (Å²) in [7, 11) is 0. The van der Waals surface area contributed by atoms with Crippen molar-refractivity contribution in [2.24, 2.45) is 0 Å². The Morgan fingerprint density at radius 2 is 1.90 bits per heavy atom. The van der Waals surface area contributed by atoms with Gasteiger partial charge in [0.2, 0.25) is 5.78 Å². The molecule has 0 unspecified atom stereocenters. The summed E-state index contributed by atoms with van der Waals surface area (Å²) in [6.07, 6.45) is 3.38. The van der Waals surface area contributed by atoms with Crippen LogP contribution >= 0.6 is 15.9 Å². The first-order chi connectivity index (χ1) is 14.6. The molecule has 8 heteroatoms. The van der Waals surface area contributed by atoms with Crippen molar-refractivity contribution >= 4 is 50.1 Å². The molecule has 1 N–H and O–H groups in total. The Labute approximate surface area is 180 Å². The van der Waals surface area contributed by atoms with Gasteiger partial charge in [0.1, 0.15) is 5.82 Å². The SMILES string of the molecule is CCCCOC(=O)c1ccccc1Nc1nc2nc3ccccc3c(=O)n2cc1Br. The molecule has 2 aromatic carbocycles. The molecule has 0 amide bonds. The van der Waals surface area contributed by atoms with Crippen LogP contribution in [0.5, 0.6) is 0 Å². The van der Waals surface area contributed by atoms with Crippen LogP contribution in [0.2, 0.25) is 0 Å². The number of aromatic nitrogens is 3. The number of ether oxygens (including phenoxy) is 1. The quantitative estimate of drug-likeness (QED) is 0.251. The predicted molar refractivity (Wildman–Crippen MR) is 119 cm³/mol. The summed E-state index contributed by atoms with van der Waals surface area (Å²) in [5.74, 6) is 0.294. The molecule has 0 saturated heterocycles. The van der Waals surface area contributed by atoms with E-state index in [9.17, 15) is 9.59 Å². The molecular formula is C22H19BrN4O3. The molecule has 152 valence electrons. The number of para-hydroxylation sites is 2. The number of unbranched alkanes of at least 4 members (excludes halogenated alkanes) is 1. The van der Waals surface area contributed by atoms with Crippen molar-refractivity contribution < 1.29 is 9.53 Å². The van der Waals surface area contributed by atoms with Crippen molar-refractivity contribution in [3.8, 4) is 0 Å². The van der Waals surface area contributed by atoms with Gasteiger partial charge in [0.15, 0.2) is 0 Å². The summed E-state index contributed by atoms with van der Waals surface area (Å²) in [6, 6.07) is 14.2. The average Bonchev–Trinajstić information content (AvgIpc) is 2.76. The average molecular weight is 467 g/mol. The van der Waals surface area contributed by atoms with Gasteiger partial charge in [0.25, 0.3) is 5.56 Å². The van der Waals surface area contributed by atoms with E-state index in [2.05, 4.69) is 31.2 Å². The van der Waals surface area contributed by atoms with Gasteiger partial charge >= 0.3 is 5.97 Å². The number of hydrogen-bond acceptors (Lipinski definition) is 6. The van der Waals surface area contributed by atoms with Crippen molar-refractivity contribution in [1.29, 1.82) is 0 Å². The largest absolute Gasteiger partial charge is 0.462 e. The third-order valence-corrected chi connectivity index (χ3v) is 5.18. The Hall–Kier alpha value is -3.26. The molecule has 0 aliphatic carbocycles. The van der Waals surface area contributed by atoms with Gasteiger partial charge in [-0.2, -0.15) is 4.98 Å². The molecule has 0 saturated carbocycles. The fourth-order valence-electron chi connectivity index (χ4n) is 3.03. The molecule has 0 fully saturated rings. The van der Waals surface area contributed by atoms with Gasteiger partial charge in [-0.1, -0.05) is 37.6 Å². The Balaban J connectivity index is 1.73. The van der Waals surface area contributed by atoms with E-state index in [1.165, 1.54) is 4.40 Å².